The summed E-state index contributed by atoms with van der Waals surface area (Å²) in [4.78, 5) is 14.6. The summed E-state index contributed by atoms with van der Waals surface area (Å²) in [5, 5.41) is 0. The predicted octanol–water partition coefficient (Wildman–Crippen LogP) is -0.219. The molecule has 0 amide bonds. The van der Waals surface area contributed by atoms with E-state index in [1.807, 2.05) is 0 Å². The second-order valence-corrected chi connectivity index (χ2v) is 3.92. The molecule has 0 saturated carbocycles. The van der Waals surface area contributed by atoms with E-state index in [2.05, 4.69) is 32.2 Å². The molecule has 2 heterocycles. The normalized spacial score (nSPS) is 19.7. The summed E-state index contributed by atoms with van der Waals surface area (Å²) in [5.74, 6) is 6.19. The van der Waals surface area contributed by atoms with Gasteiger partial charge >= 0.3 is 6.01 Å². The number of anilines is 2. The number of hydrogen-bond donors (Lipinski definition) is 2. The Kier molecular flexibility index (Phi) is 4.11. The average molecular weight is 254 g/mol. The van der Waals surface area contributed by atoms with Gasteiger partial charge < -0.3 is 14.4 Å². The predicted molar refractivity (Wildman–Crippen MR) is 66.4 cm³/mol. The number of nitrogens with two attached hydrogens (primary N) is 1. The Hall–Kier alpha value is -1.67. The Morgan fingerprint density at radius 3 is 3.00 bits per heavy atom. The SMILES string of the molecule is CCC1COCCN1c1nc(NN)nc(OC)n1. The van der Waals surface area contributed by atoms with E-state index in [0.29, 0.717) is 19.2 Å². The Morgan fingerprint density at radius 1 is 1.50 bits per heavy atom. The summed E-state index contributed by atoms with van der Waals surface area (Å²) in [6.07, 6.45) is 0.958. The van der Waals surface area contributed by atoms with E-state index in [1.54, 1.807) is 0 Å². The molecule has 100 valence electrons. The minimum atomic E-state index is 0.245. The van der Waals surface area contributed by atoms with Crippen molar-refractivity contribution in [3.05, 3.63) is 0 Å². The number of aromatic nitrogens is 3. The van der Waals surface area contributed by atoms with Crippen LogP contribution in [0.5, 0.6) is 6.01 Å². The monoisotopic (exact) mass is 254 g/mol. The third-order valence-electron chi connectivity index (χ3n) is 2.87. The third-order valence-corrected chi connectivity index (χ3v) is 2.87. The lowest BCUT2D eigenvalue weighted by Crippen LogP contribution is -2.46. The molecule has 1 fully saturated rings. The van der Waals surface area contributed by atoms with Crippen molar-refractivity contribution in [2.24, 2.45) is 5.84 Å². The Balaban J connectivity index is 2.29. The summed E-state index contributed by atoms with van der Waals surface area (Å²) in [6.45, 7) is 4.19. The van der Waals surface area contributed by atoms with Gasteiger partial charge in [0.1, 0.15) is 0 Å². The van der Waals surface area contributed by atoms with Crippen molar-refractivity contribution in [1.29, 1.82) is 0 Å². The number of methoxy groups -OCH3 is 1. The van der Waals surface area contributed by atoms with Gasteiger partial charge in [0, 0.05) is 6.54 Å². The van der Waals surface area contributed by atoms with E-state index >= 15 is 0 Å². The molecular weight excluding hydrogens is 236 g/mol. The summed E-state index contributed by atoms with van der Waals surface area (Å²) in [6, 6.07) is 0.505. The van der Waals surface area contributed by atoms with Crippen LogP contribution in [-0.4, -0.2) is 47.9 Å². The maximum atomic E-state index is 5.45. The number of nitrogens with zero attached hydrogens (tertiary/aromatic N) is 4. The summed E-state index contributed by atoms with van der Waals surface area (Å²) in [7, 11) is 1.51. The van der Waals surface area contributed by atoms with Gasteiger partial charge in [-0.25, -0.2) is 5.84 Å². The maximum absolute atomic E-state index is 5.45. The molecule has 0 aromatic carbocycles. The van der Waals surface area contributed by atoms with Crippen LogP contribution in [0.1, 0.15) is 13.3 Å². The van der Waals surface area contributed by atoms with Crippen molar-refractivity contribution < 1.29 is 9.47 Å². The van der Waals surface area contributed by atoms with E-state index in [0.717, 1.165) is 13.0 Å². The van der Waals surface area contributed by atoms with Gasteiger partial charge in [-0.15, -0.1) is 0 Å². The highest BCUT2D eigenvalue weighted by atomic mass is 16.5. The van der Waals surface area contributed by atoms with E-state index in [1.165, 1.54) is 7.11 Å². The molecular formula is C10H18N6O2. The van der Waals surface area contributed by atoms with Crippen molar-refractivity contribution in [2.75, 3.05) is 37.2 Å². The molecule has 18 heavy (non-hydrogen) atoms. The molecule has 0 bridgehead atoms. The molecule has 0 spiro atoms. The Bertz CT molecular complexity index is 380. The zero-order valence-electron chi connectivity index (χ0n) is 10.6. The first-order valence-corrected chi connectivity index (χ1v) is 5.89. The van der Waals surface area contributed by atoms with E-state index in [-0.39, 0.29) is 18.0 Å². The maximum Gasteiger partial charge on any atom is 0.322 e. The molecule has 8 heteroatoms. The third kappa shape index (κ3) is 2.59. The van der Waals surface area contributed by atoms with Crippen LogP contribution in [0.15, 0.2) is 0 Å². The molecule has 1 aliphatic rings. The lowest BCUT2D eigenvalue weighted by molar-refractivity contribution is 0.0920. The van der Waals surface area contributed by atoms with Crippen LogP contribution < -0.4 is 20.9 Å². The number of morpholine rings is 1. The second-order valence-electron chi connectivity index (χ2n) is 3.92. The highest BCUT2D eigenvalue weighted by Gasteiger charge is 2.24. The average Bonchev–Trinajstić information content (AvgIpc) is 2.46. The molecule has 8 nitrogen and oxygen atoms in total. The second kappa shape index (κ2) is 5.78. The lowest BCUT2D eigenvalue weighted by Gasteiger charge is -2.35. The molecule has 1 atom stereocenters. The molecule has 1 aromatic heterocycles. The van der Waals surface area contributed by atoms with Crippen LogP contribution in [0.3, 0.4) is 0 Å². The molecule has 1 saturated heterocycles. The smallest absolute Gasteiger partial charge is 0.322 e. The van der Waals surface area contributed by atoms with Crippen LogP contribution in [0.2, 0.25) is 0 Å². The first kappa shape index (κ1) is 12.8. The minimum absolute atomic E-state index is 0.245. The summed E-state index contributed by atoms with van der Waals surface area (Å²) < 4.78 is 10.5. The lowest BCUT2D eigenvalue weighted by atomic mass is 10.2. The van der Waals surface area contributed by atoms with Crippen LogP contribution in [-0.2, 0) is 4.74 Å². The van der Waals surface area contributed by atoms with Gasteiger partial charge in [-0.1, -0.05) is 6.92 Å². The number of nitrogens with one attached hydrogen (secondary N) is 1. The highest BCUT2D eigenvalue weighted by molar-refractivity contribution is 5.39. The van der Waals surface area contributed by atoms with Crippen molar-refractivity contribution in [3.63, 3.8) is 0 Å². The van der Waals surface area contributed by atoms with Crippen molar-refractivity contribution in [1.82, 2.24) is 15.0 Å². The van der Waals surface area contributed by atoms with Crippen molar-refractivity contribution in [3.8, 4) is 6.01 Å². The van der Waals surface area contributed by atoms with E-state index in [9.17, 15) is 0 Å². The van der Waals surface area contributed by atoms with Crippen molar-refractivity contribution >= 4 is 11.9 Å². The van der Waals surface area contributed by atoms with Gasteiger partial charge in [-0.3, -0.25) is 5.43 Å². The fourth-order valence-corrected chi connectivity index (χ4v) is 1.89. The number of rotatable bonds is 4. The number of nitrogen functional groups attached to an aromatic ring is 1. The van der Waals surface area contributed by atoms with Gasteiger partial charge in [0.25, 0.3) is 0 Å². The van der Waals surface area contributed by atoms with Gasteiger partial charge in [-0.2, -0.15) is 15.0 Å². The fraction of sp³-hybridized carbons (Fsp3) is 0.700. The van der Waals surface area contributed by atoms with E-state index < -0.39 is 0 Å². The van der Waals surface area contributed by atoms with Gasteiger partial charge in [0.2, 0.25) is 11.9 Å². The van der Waals surface area contributed by atoms with Gasteiger partial charge in [-0.05, 0) is 6.42 Å². The summed E-state index contributed by atoms with van der Waals surface area (Å²) in [5.41, 5.74) is 2.41. The molecule has 3 N–H and O–H groups in total. The van der Waals surface area contributed by atoms with Crippen LogP contribution in [0.4, 0.5) is 11.9 Å². The largest absolute Gasteiger partial charge is 0.467 e. The molecule has 1 aliphatic heterocycles. The zero-order valence-corrected chi connectivity index (χ0v) is 10.6. The van der Waals surface area contributed by atoms with Crippen molar-refractivity contribution in [2.45, 2.75) is 19.4 Å². The van der Waals surface area contributed by atoms with Gasteiger partial charge in [0.15, 0.2) is 0 Å². The summed E-state index contributed by atoms with van der Waals surface area (Å²) >= 11 is 0. The molecule has 0 aliphatic carbocycles. The number of hydrogen-bond acceptors (Lipinski definition) is 8. The molecule has 0 radical (unpaired) electrons. The number of hydrazine groups is 1. The van der Waals surface area contributed by atoms with Gasteiger partial charge in [0.05, 0.1) is 26.4 Å². The molecule has 2 rings (SSSR count). The molecule has 1 aromatic rings. The first-order chi connectivity index (χ1) is 8.78. The van der Waals surface area contributed by atoms with Crippen LogP contribution in [0, 0.1) is 0 Å². The minimum Gasteiger partial charge on any atom is -0.467 e. The van der Waals surface area contributed by atoms with Crippen LogP contribution >= 0.6 is 0 Å². The molecule has 1 unspecified atom stereocenters. The standard InChI is InChI=1S/C10H18N6O2/c1-3-7-6-18-5-4-16(7)9-12-8(15-11)13-10(14-9)17-2/h7H,3-6,11H2,1-2H3,(H,12,13,14,15). The van der Waals surface area contributed by atoms with E-state index in [4.69, 9.17) is 15.3 Å². The topological polar surface area (TPSA) is 98.4 Å². The number of ether oxygens (including phenoxy) is 2. The first-order valence-electron chi connectivity index (χ1n) is 5.89. The van der Waals surface area contributed by atoms with Crippen LogP contribution in [0.25, 0.3) is 0 Å². The fourth-order valence-electron chi connectivity index (χ4n) is 1.89. The zero-order chi connectivity index (χ0) is 13.0. The highest BCUT2D eigenvalue weighted by Crippen LogP contribution is 2.20. The quantitative estimate of drug-likeness (QED) is 0.562. The Labute approximate surface area is 105 Å². The Morgan fingerprint density at radius 2 is 2.33 bits per heavy atom.